The number of rotatable bonds is 5. The maximum absolute atomic E-state index is 12.5. The number of nitrogens with zero attached hydrogens (tertiary/aromatic N) is 1. The number of methoxy groups -OCH3 is 1. The first kappa shape index (κ1) is 21.0. The number of ether oxygens (including phenoxy) is 1. The summed E-state index contributed by atoms with van der Waals surface area (Å²) in [5.41, 5.74) is 0.687. The molecule has 0 bridgehead atoms. The molecule has 1 aliphatic rings. The van der Waals surface area contributed by atoms with E-state index >= 15 is 0 Å². The van der Waals surface area contributed by atoms with Crippen molar-refractivity contribution in [2.45, 2.75) is 0 Å². The Bertz CT molecular complexity index is 1020. The number of aromatic hydroxyl groups is 1. The SMILES string of the molecule is COc1ccc(NC(=O)CN2C(=O)S/C(=C/c3cc(Cl)cc(Cl)c3O)C2=O)cc1. The predicted molar refractivity (Wildman–Crippen MR) is 112 cm³/mol. The summed E-state index contributed by atoms with van der Waals surface area (Å²) < 4.78 is 5.04. The molecule has 150 valence electrons. The second-order valence-electron chi connectivity index (χ2n) is 5.87. The van der Waals surface area contributed by atoms with Crippen LogP contribution in [0.1, 0.15) is 5.56 Å². The zero-order valence-electron chi connectivity index (χ0n) is 14.9. The Morgan fingerprint density at radius 3 is 2.59 bits per heavy atom. The number of benzene rings is 2. The lowest BCUT2D eigenvalue weighted by Gasteiger charge is -2.12. The number of phenols is 1. The van der Waals surface area contributed by atoms with Gasteiger partial charge in [-0.2, -0.15) is 0 Å². The third kappa shape index (κ3) is 4.84. The van der Waals surface area contributed by atoms with Gasteiger partial charge in [0.25, 0.3) is 11.1 Å². The zero-order valence-corrected chi connectivity index (χ0v) is 17.3. The summed E-state index contributed by atoms with van der Waals surface area (Å²) in [5, 5.41) is 12.3. The fraction of sp³-hybridized carbons (Fsp3) is 0.105. The number of hydrogen-bond donors (Lipinski definition) is 2. The summed E-state index contributed by atoms with van der Waals surface area (Å²) in [4.78, 5) is 37.8. The summed E-state index contributed by atoms with van der Waals surface area (Å²) in [6.45, 7) is -0.448. The van der Waals surface area contributed by atoms with Crippen LogP contribution in [-0.2, 0) is 9.59 Å². The van der Waals surface area contributed by atoms with Crippen LogP contribution in [0, 0.1) is 0 Å². The first-order valence-corrected chi connectivity index (χ1v) is 9.73. The van der Waals surface area contributed by atoms with Gasteiger partial charge in [-0.1, -0.05) is 23.2 Å². The van der Waals surface area contributed by atoms with Crippen LogP contribution in [0.2, 0.25) is 10.0 Å². The molecule has 1 saturated heterocycles. The third-order valence-electron chi connectivity index (χ3n) is 3.89. The number of carbonyl (C=O) groups is 3. The number of hydrogen-bond acceptors (Lipinski definition) is 6. The van der Waals surface area contributed by atoms with Gasteiger partial charge >= 0.3 is 0 Å². The molecule has 3 rings (SSSR count). The van der Waals surface area contributed by atoms with Crippen LogP contribution in [0.5, 0.6) is 11.5 Å². The Morgan fingerprint density at radius 1 is 1.24 bits per heavy atom. The maximum atomic E-state index is 12.5. The number of halogens is 2. The van der Waals surface area contributed by atoms with Crippen LogP contribution in [0.4, 0.5) is 10.5 Å². The average molecular weight is 453 g/mol. The van der Waals surface area contributed by atoms with Crippen molar-refractivity contribution in [1.82, 2.24) is 4.90 Å². The molecule has 0 aliphatic carbocycles. The molecule has 0 radical (unpaired) electrons. The van der Waals surface area contributed by atoms with Crippen molar-refractivity contribution in [1.29, 1.82) is 0 Å². The van der Waals surface area contributed by atoms with E-state index < -0.39 is 23.6 Å². The molecule has 0 unspecified atom stereocenters. The highest BCUT2D eigenvalue weighted by molar-refractivity contribution is 8.18. The summed E-state index contributed by atoms with van der Waals surface area (Å²) in [5.74, 6) is -0.823. The summed E-state index contributed by atoms with van der Waals surface area (Å²) in [6, 6.07) is 9.37. The lowest BCUT2D eigenvalue weighted by Crippen LogP contribution is -2.36. The second kappa shape index (κ2) is 8.77. The van der Waals surface area contributed by atoms with Crippen molar-refractivity contribution in [3.8, 4) is 11.5 Å². The van der Waals surface area contributed by atoms with Crippen molar-refractivity contribution < 1.29 is 24.2 Å². The Kier molecular flexibility index (Phi) is 6.36. The normalized spacial score (nSPS) is 15.1. The fourth-order valence-corrected chi connectivity index (χ4v) is 3.83. The van der Waals surface area contributed by atoms with Crippen LogP contribution < -0.4 is 10.1 Å². The van der Waals surface area contributed by atoms with Gasteiger partial charge in [-0.3, -0.25) is 19.3 Å². The smallest absolute Gasteiger partial charge is 0.294 e. The molecule has 0 saturated carbocycles. The van der Waals surface area contributed by atoms with E-state index in [2.05, 4.69) is 5.32 Å². The zero-order chi connectivity index (χ0) is 21.1. The van der Waals surface area contributed by atoms with Gasteiger partial charge < -0.3 is 15.2 Å². The quantitative estimate of drug-likeness (QED) is 0.653. The number of nitrogens with one attached hydrogen (secondary N) is 1. The van der Waals surface area contributed by atoms with Crippen molar-refractivity contribution in [2.75, 3.05) is 19.0 Å². The van der Waals surface area contributed by atoms with Crippen LogP contribution in [0.15, 0.2) is 41.3 Å². The molecule has 1 fully saturated rings. The average Bonchev–Trinajstić information content (AvgIpc) is 2.93. The van der Waals surface area contributed by atoms with Crippen molar-refractivity contribution in [3.63, 3.8) is 0 Å². The van der Waals surface area contributed by atoms with Gasteiger partial charge in [-0.25, -0.2) is 0 Å². The third-order valence-corrected chi connectivity index (χ3v) is 5.31. The van der Waals surface area contributed by atoms with Gasteiger partial charge in [0.15, 0.2) is 0 Å². The summed E-state index contributed by atoms with van der Waals surface area (Å²) >= 11 is 12.4. The molecule has 7 nitrogen and oxygen atoms in total. The maximum Gasteiger partial charge on any atom is 0.294 e. The minimum atomic E-state index is -0.652. The highest BCUT2D eigenvalue weighted by atomic mass is 35.5. The first-order chi connectivity index (χ1) is 13.8. The van der Waals surface area contributed by atoms with Crippen LogP contribution in [0.3, 0.4) is 0 Å². The molecular formula is C19H14Cl2N2O5S. The molecule has 1 heterocycles. The first-order valence-electron chi connectivity index (χ1n) is 8.15. The Morgan fingerprint density at radius 2 is 1.93 bits per heavy atom. The number of anilines is 1. The number of thioether (sulfide) groups is 1. The minimum absolute atomic E-state index is 0.0156. The van der Waals surface area contributed by atoms with Gasteiger partial charge in [0.1, 0.15) is 18.0 Å². The highest BCUT2D eigenvalue weighted by Crippen LogP contribution is 2.37. The monoisotopic (exact) mass is 452 g/mol. The van der Waals surface area contributed by atoms with Gasteiger partial charge in [0, 0.05) is 16.3 Å². The van der Waals surface area contributed by atoms with Crippen LogP contribution in [0.25, 0.3) is 6.08 Å². The largest absolute Gasteiger partial charge is 0.506 e. The van der Waals surface area contributed by atoms with E-state index in [-0.39, 0.29) is 26.3 Å². The summed E-state index contributed by atoms with van der Waals surface area (Å²) in [6.07, 6.45) is 1.30. The molecule has 0 spiro atoms. The van der Waals surface area contributed by atoms with Crippen LogP contribution in [-0.4, -0.2) is 40.7 Å². The van der Waals surface area contributed by atoms with Crippen LogP contribution >= 0.6 is 35.0 Å². The lowest BCUT2D eigenvalue weighted by atomic mass is 10.2. The molecule has 29 heavy (non-hydrogen) atoms. The standard InChI is InChI=1S/C19H14Cl2N2O5S/c1-28-13-4-2-12(3-5-13)22-16(24)9-23-18(26)15(29-19(23)27)7-10-6-11(20)8-14(21)17(10)25/h2-8,25H,9H2,1H3,(H,22,24)/b15-7+. The summed E-state index contributed by atoms with van der Waals surface area (Å²) in [7, 11) is 1.53. The molecule has 2 aromatic rings. The Labute approximate surface area is 180 Å². The molecule has 10 heteroatoms. The topological polar surface area (TPSA) is 95.9 Å². The molecule has 0 atom stereocenters. The Balaban J connectivity index is 1.72. The molecular weight excluding hydrogens is 439 g/mol. The van der Waals surface area contributed by atoms with Gasteiger partial charge in [-0.15, -0.1) is 0 Å². The highest BCUT2D eigenvalue weighted by Gasteiger charge is 2.36. The Hall–Kier alpha value is -2.68. The molecule has 2 aromatic carbocycles. The lowest BCUT2D eigenvalue weighted by molar-refractivity contribution is -0.127. The van der Waals surface area contributed by atoms with Crippen molar-refractivity contribution in [2.24, 2.45) is 0 Å². The number of carbonyl (C=O) groups excluding carboxylic acids is 3. The predicted octanol–water partition coefficient (Wildman–Crippen LogP) is 4.38. The van der Waals surface area contributed by atoms with E-state index in [0.29, 0.717) is 23.2 Å². The molecule has 0 aromatic heterocycles. The van der Waals surface area contributed by atoms with Gasteiger partial charge in [-0.05, 0) is 54.2 Å². The van der Waals surface area contributed by atoms with Crippen molar-refractivity contribution in [3.05, 3.63) is 56.9 Å². The van der Waals surface area contributed by atoms with E-state index in [4.69, 9.17) is 27.9 Å². The number of phenolic OH excluding ortho intramolecular Hbond substituents is 1. The van der Waals surface area contributed by atoms with Gasteiger partial charge in [0.05, 0.1) is 17.0 Å². The minimum Gasteiger partial charge on any atom is -0.506 e. The van der Waals surface area contributed by atoms with E-state index in [1.54, 1.807) is 24.3 Å². The van der Waals surface area contributed by atoms with E-state index in [1.165, 1.54) is 25.3 Å². The molecule has 1 aliphatic heterocycles. The molecule has 2 N–H and O–H groups in total. The molecule has 3 amide bonds. The fourth-order valence-electron chi connectivity index (χ4n) is 2.49. The number of imide groups is 1. The van der Waals surface area contributed by atoms with Crippen molar-refractivity contribution >= 4 is 63.8 Å². The van der Waals surface area contributed by atoms with E-state index in [0.717, 1.165) is 4.90 Å². The second-order valence-corrected chi connectivity index (χ2v) is 7.71. The number of amides is 3. The van der Waals surface area contributed by atoms with E-state index in [9.17, 15) is 19.5 Å². The van der Waals surface area contributed by atoms with E-state index in [1.807, 2.05) is 0 Å². The van der Waals surface area contributed by atoms with Gasteiger partial charge in [0.2, 0.25) is 5.91 Å².